The summed E-state index contributed by atoms with van der Waals surface area (Å²) in [6, 6.07) is 12.5. The standard InChI is InChI=1S/C16H8BrCl2NO2/c17-11-5-1-4-10(7-11)15-20-13(16(21)22-15)8-9-3-2-6-12(18)14(9)19/h1-8H/b13-8+. The number of carbonyl (C=O) groups is 1. The zero-order chi connectivity index (χ0) is 15.7. The molecule has 2 aromatic rings. The minimum atomic E-state index is -0.522. The summed E-state index contributed by atoms with van der Waals surface area (Å²) in [5, 5.41) is 0.786. The van der Waals surface area contributed by atoms with Gasteiger partial charge in [-0.25, -0.2) is 9.79 Å². The number of aliphatic imine (C=N–C) groups is 1. The third-order valence-corrected chi connectivity index (χ3v) is 4.29. The third kappa shape index (κ3) is 3.09. The van der Waals surface area contributed by atoms with E-state index in [0.29, 0.717) is 21.2 Å². The van der Waals surface area contributed by atoms with E-state index < -0.39 is 5.97 Å². The Morgan fingerprint density at radius 1 is 1.14 bits per heavy atom. The highest BCUT2D eigenvalue weighted by Gasteiger charge is 2.24. The average Bonchev–Trinajstić information content (AvgIpc) is 2.85. The van der Waals surface area contributed by atoms with E-state index in [1.807, 2.05) is 24.3 Å². The van der Waals surface area contributed by atoms with E-state index in [2.05, 4.69) is 20.9 Å². The van der Waals surface area contributed by atoms with Gasteiger partial charge in [-0.05, 0) is 35.9 Å². The Labute approximate surface area is 145 Å². The molecule has 1 aliphatic rings. The van der Waals surface area contributed by atoms with Gasteiger partial charge >= 0.3 is 5.97 Å². The Kier molecular flexibility index (Phi) is 4.34. The molecule has 0 bridgehead atoms. The van der Waals surface area contributed by atoms with Crippen molar-refractivity contribution in [3.05, 3.63) is 73.8 Å². The Hall–Kier alpha value is -1.62. The molecule has 0 radical (unpaired) electrons. The fourth-order valence-corrected chi connectivity index (χ4v) is 2.70. The van der Waals surface area contributed by atoms with Crippen molar-refractivity contribution >= 4 is 57.1 Å². The predicted molar refractivity (Wildman–Crippen MR) is 91.2 cm³/mol. The number of benzene rings is 2. The Morgan fingerprint density at radius 2 is 1.91 bits per heavy atom. The second-order valence-electron chi connectivity index (χ2n) is 4.49. The van der Waals surface area contributed by atoms with E-state index in [9.17, 15) is 4.79 Å². The van der Waals surface area contributed by atoms with Gasteiger partial charge in [-0.3, -0.25) is 0 Å². The van der Waals surface area contributed by atoms with Gasteiger partial charge in [0.25, 0.3) is 0 Å². The van der Waals surface area contributed by atoms with E-state index in [1.165, 1.54) is 0 Å². The van der Waals surface area contributed by atoms with Gasteiger partial charge in [0.05, 0.1) is 10.0 Å². The molecule has 0 amide bonds. The summed E-state index contributed by atoms with van der Waals surface area (Å²) in [6.07, 6.45) is 1.56. The summed E-state index contributed by atoms with van der Waals surface area (Å²) in [6.45, 7) is 0. The van der Waals surface area contributed by atoms with E-state index in [1.54, 1.807) is 24.3 Å². The zero-order valence-electron chi connectivity index (χ0n) is 11.0. The maximum atomic E-state index is 12.0. The van der Waals surface area contributed by atoms with Crippen molar-refractivity contribution in [2.24, 2.45) is 4.99 Å². The first-order valence-electron chi connectivity index (χ1n) is 6.27. The molecule has 0 unspecified atom stereocenters. The summed E-state index contributed by atoms with van der Waals surface area (Å²) >= 11 is 15.4. The van der Waals surface area contributed by atoms with Crippen LogP contribution in [0.4, 0.5) is 0 Å². The first kappa shape index (κ1) is 15.3. The van der Waals surface area contributed by atoms with Crippen molar-refractivity contribution in [1.29, 1.82) is 0 Å². The number of rotatable bonds is 2. The Bertz CT molecular complexity index is 831. The molecule has 3 rings (SSSR count). The van der Waals surface area contributed by atoms with Crippen LogP contribution >= 0.6 is 39.1 Å². The summed E-state index contributed by atoms with van der Waals surface area (Å²) in [5.41, 5.74) is 1.50. The highest BCUT2D eigenvalue weighted by Crippen LogP contribution is 2.29. The largest absolute Gasteiger partial charge is 0.402 e. The fourth-order valence-electron chi connectivity index (χ4n) is 1.93. The number of hydrogen-bond acceptors (Lipinski definition) is 3. The van der Waals surface area contributed by atoms with Crippen molar-refractivity contribution < 1.29 is 9.53 Å². The van der Waals surface area contributed by atoms with E-state index >= 15 is 0 Å². The van der Waals surface area contributed by atoms with Crippen molar-refractivity contribution in [2.45, 2.75) is 0 Å². The van der Waals surface area contributed by atoms with Gasteiger partial charge < -0.3 is 4.74 Å². The number of halogens is 3. The minimum Gasteiger partial charge on any atom is -0.402 e. The molecule has 1 heterocycles. The van der Waals surface area contributed by atoms with Gasteiger partial charge in [-0.15, -0.1) is 0 Å². The lowest BCUT2D eigenvalue weighted by molar-refractivity contribution is -0.129. The molecule has 6 heteroatoms. The second kappa shape index (κ2) is 6.24. The Morgan fingerprint density at radius 3 is 2.68 bits per heavy atom. The molecule has 0 fully saturated rings. The van der Waals surface area contributed by atoms with Crippen LogP contribution in [-0.2, 0) is 9.53 Å². The molecular formula is C16H8BrCl2NO2. The van der Waals surface area contributed by atoms with Crippen molar-refractivity contribution in [3.8, 4) is 0 Å². The van der Waals surface area contributed by atoms with Gasteiger partial charge in [0, 0.05) is 10.0 Å². The number of carbonyl (C=O) groups excluding carboxylic acids is 1. The van der Waals surface area contributed by atoms with E-state index in [4.69, 9.17) is 27.9 Å². The van der Waals surface area contributed by atoms with Gasteiger partial charge in [-0.2, -0.15) is 0 Å². The van der Waals surface area contributed by atoms with Crippen LogP contribution in [0.25, 0.3) is 6.08 Å². The summed E-state index contributed by atoms with van der Waals surface area (Å²) in [4.78, 5) is 16.2. The zero-order valence-corrected chi connectivity index (χ0v) is 14.1. The van der Waals surface area contributed by atoms with Crippen LogP contribution in [-0.4, -0.2) is 11.9 Å². The number of cyclic esters (lactones) is 1. The first-order chi connectivity index (χ1) is 10.5. The summed E-state index contributed by atoms with van der Waals surface area (Å²) in [5.74, 6) is -0.262. The number of hydrogen-bond donors (Lipinski definition) is 0. The minimum absolute atomic E-state index is 0.180. The van der Waals surface area contributed by atoms with Crippen LogP contribution in [0.3, 0.4) is 0 Å². The van der Waals surface area contributed by atoms with Gasteiger partial charge in [0.2, 0.25) is 5.90 Å². The molecule has 110 valence electrons. The number of ether oxygens (including phenoxy) is 1. The molecule has 3 nitrogen and oxygen atoms in total. The molecule has 2 aromatic carbocycles. The lowest BCUT2D eigenvalue weighted by Gasteiger charge is -2.00. The third-order valence-electron chi connectivity index (χ3n) is 2.97. The molecule has 0 aliphatic carbocycles. The molecule has 0 spiro atoms. The fraction of sp³-hybridized carbons (Fsp3) is 0. The summed E-state index contributed by atoms with van der Waals surface area (Å²) < 4.78 is 6.08. The Balaban J connectivity index is 2.00. The molecule has 0 saturated heterocycles. The maximum absolute atomic E-state index is 12.0. The van der Waals surface area contributed by atoms with Crippen LogP contribution in [0.1, 0.15) is 11.1 Å². The van der Waals surface area contributed by atoms with Crippen molar-refractivity contribution in [3.63, 3.8) is 0 Å². The van der Waals surface area contributed by atoms with Crippen molar-refractivity contribution in [1.82, 2.24) is 0 Å². The quantitative estimate of drug-likeness (QED) is 0.523. The number of esters is 1. The molecule has 0 N–H and O–H groups in total. The lowest BCUT2D eigenvalue weighted by atomic mass is 10.2. The monoisotopic (exact) mass is 395 g/mol. The normalized spacial score (nSPS) is 15.9. The first-order valence-corrected chi connectivity index (χ1v) is 7.82. The number of nitrogens with zero attached hydrogens (tertiary/aromatic N) is 1. The molecule has 0 aromatic heterocycles. The smallest absolute Gasteiger partial charge is 0.363 e. The van der Waals surface area contributed by atoms with Crippen LogP contribution in [0.2, 0.25) is 10.0 Å². The van der Waals surface area contributed by atoms with Crippen LogP contribution in [0.5, 0.6) is 0 Å². The highest BCUT2D eigenvalue weighted by molar-refractivity contribution is 9.10. The second-order valence-corrected chi connectivity index (χ2v) is 6.19. The maximum Gasteiger partial charge on any atom is 0.363 e. The highest BCUT2D eigenvalue weighted by atomic mass is 79.9. The molecular weight excluding hydrogens is 389 g/mol. The topological polar surface area (TPSA) is 38.7 Å². The average molecular weight is 397 g/mol. The summed E-state index contributed by atoms with van der Waals surface area (Å²) in [7, 11) is 0. The molecule has 0 saturated carbocycles. The van der Waals surface area contributed by atoms with Crippen LogP contribution in [0, 0.1) is 0 Å². The molecule has 0 atom stereocenters. The van der Waals surface area contributed by atoms with Crippen molar-refractivity contribution in [2.75, 3.05) is 0 Å². The van der Waals surface area contributed by atoms with Crippen LogP contribution in [0.15, 0.2) is 57.6 Å². The molecule has 1 aliphatic heterocycles. The van der Waals surface area contributed by atoms with E-state index in [-0.39, 0.29) is 11.6 Å². The van der Waals surface area contributed by atoms with E-state index in [0.717, 1.165) is 4.47 Å². The molecule has 22 heavy (non-hydrogen) atoms. The van der Waals surface area contributed by atoms with Gasteiger partial charge in [0.15, 0.2) is 5.70 Å². The van der Waals surface area contributed by atoms with Gasteiger partial charge in [-0.1, -0.05) is 57.3 Å². The predicted octanol–water partition coefficient (Wildman–Crippen LogP) is 5.10. The van der Waals surface area contributed by atoms with Gasteiger partial charge in [0.1, 0.15) is 0 Å². The van der Waals surface area contributed by atoms with Crippen LogP contribution < -0.4 is 0 Å². The lowest BCUT2D eigenvalue weighted by Crippen LogP contribution is -2.05. The SMILES string of the molecule is O=C1OC(c2cccc(Br)c2)=N/C1=C/c1cccc(Cl)c1Cl.